The molecular formula is H3CuNiSiZn. The molecule has 0 heterocycles. The molecule has 0 fully saturated rings. The molecular weight excluding hydrogens is 216 g/mol. The van der Waals surface area contributed by atoms with E-state index in [0.717, 1.165) is 0 Å². The third-order valence-electron chi connectivity index (χ3n) is 0. The molecule has 0 rings (SSSR count). The van der Waals surface area contributed by atoms with E-state index in [1.807, 2.05) is 0 Å². The van der Waals surface area contributed by atoms with Gasteiger partial charge in [-0.1, -0.05) is 0 Å². The molecule has 0 aliphatic carbocycles. The van der Waals surface area contributed by atoms with Crippen LogP contribution in [0.5, 0.6) is 0 Å². The van der Waals surface area contributed by atoms with Gasteiger partial charge in [-0.2, -0.15) is 0 Å². The average molecular weight is 219 g/mol. The van der Waals surface area contributed by atoms with E-state index in [-0.39, 0.29) is 64.0 Å². The second-order valence-corrected chi connectivity index (χ2v) is 0. The standard InChI is InChI=1S/Cu.Ni.H3Si.Zn/h;;1H3;. The monoisotopic (exact) mass is 216 g/mol. The van der Waals surface area contributed by atoms with E-state index in [0.29, 0.717) is 0 Å². The second-order valence-electron chi connectivity index (χ2n) is 0. The van der Waals surface area contributed by atoms with Crippen molar-refractivity contribution in [3.63, 3.8) is 0 Å². The molecule has 0 amide bonds. The van der Waals surface area contributed by atoms with Crippen LogP contribution in [0, 0.1) is 0 Å². The van der Waals surface area contributed by atoms with Crippen LogP contribution < -0.4 is 0 Å². The molecule has 4 heteroatoms. The summed E-state index contributed by atoms with van der Waals surface area (Å²) < 4.78 is 0. The van der Waals surface area contributed by atoms with Gasteiger partial charge < -0.3 is 0 Å². The molecule has 0 saturated carbocycles. The van der Waals surface area contributed by atoms with Gasteiger partial charge >= 0.3 is 0 Å². The molecule has 0 aliphatic rings. The maximum atomic E-state index is 0. The topological polar surface area (TPSA) is 0 Å². The van der Waals surface area contributed by atoms with Crippen molar-refractivity contribution in [2.24, 2.45) is 0 Å². The summed E-state index contributed by atoms with van der Waals surface area (Å²) in [5, 5.41) is 0. The zero-order valence-electron chi connectivity index (χ0n) is 2.32. The number of rotatable bonds is 0. The van der Waals surface area contributed by atoms with Crippen molar-refractivity contribution in [2.45, 2.75) is 0 Å². The first kappa shape index (κ1) is 40.1. The van der Waals surface area contributed by atoms with Gasteiger partial charge in [0.15, 0.2) is 0 Å². The van der Waals surface area contributed by atoms with Gasteiger partial charge in [-0.25, -0.2) is 0 Å². The van der Waals surface area contributed by atoms with Crippen LogP contribution in [0.1, 0.15) is 0 Å². The maximum Gasteiger partial charge on any atom is 0 e. The van der Waals surface area contributed by atoms with Gasteiger partial charge in [-0.15, -0.1) is 0 Å². The molecule has 0 aromatic heterocycles. The van der Waals surface area contributed by atoms with Crippen molar-refractivity contribution in [1.29, 1.82) is 0 Å². The summed E-state index contributed by atoms with van der Waals surface area (Å²) in [7, 11) is 0. The van der Waals surface area contributed by atoms with Crippen molar-refractivity contribution in [3.8, 4) is 0 Å². The van der Waals surface area contributed by atoms with Gasteiger partial charge in [0, 0.05) is 53.0 Å². The maximum absolute atomic E-state index is 0. The van der Waals surface area contributed by atoms with Gasteiger partial charge in [-0.3, -0.25) is 0 Å². The van der Waals surface area contributed by atoms with Crippen LogP contribution in [0.15, 0.2) is 0 Å². The van der Waals surface area contributed by atoms with Crippen LogP contribution in [0.3, 0.4) is 0 Å². The Morgan fingerprint density at radius 3 is 1.00 bits per heavy atom. The van der Waals surface area contributed by atoms with E-state index >= 15 is 0 Å². The summed E-state index contributed by atoms with van der Waals surface area (Å²) in [6.45, 7) is 0. The molecule has 0 unspecified atom stereocenters. The summed E-state index contributed by atoms with van der Waals surface area (Å²) in [5.41, 5.74) is 0. The molecule has 0 aromatic carbocycles. The minimum atomic E-state index is 0. The van der Waals surface area contributed by atoms with Gasteiger partial charge in [0.05, 0.1) is 0 Å². The van der Waals surface area contributed by atoms with Crippen molar-refractivity contribution < 1.29 is 53.0 Å². The Balaban J connectivity index is 0. The Hall–Kier alpha value is 1.85. The van der Waals surface area contributed by atoms with Crippen LogP contribution in [-0.4, -0.2) is 11.0 Å². The summed E-state index contributed by atoms with van der Waals surface area (Å²) in [4.78, 5) is 0. The molecule has 0 saturated heterocycles. The Labute approximate surface area is 63.7 Å². The molecule has 0 atom stereocenters. The molecule has 0 aromatic rings. The third kappa shape index (κ3) is 9.13. The van der Waals surface area contributed by atoms with Crippen molar-refractivity contribution in [3.05, 3.63) is 0 Å². The molecule has 30 valence electrons. The fraction of sp³-hybridized carbons (Fsp3) is 0. The predicted molar refractivity (Wildman–Crippen MR) is 9.94 cm³/mol. The second kappa shape index (κ2) is 21.0. The Morgan fingerprint density at radius 2 is 1.00 bits per heavy atom. The van der Waals surface area contributed by atoms with Gasteiger partial charge in [0.2, 0.25) is 0 Å². The smallest absolute Gasteiger partial charge is 0 e. The van der Waals surface area contributed by atoms with Gasteiger partial charge in [0.25, 0.3) is 0 Å². The Kier molecular flexibility index (Phi) is 211. The molecule has 0 spiro atoms. The zero-order chi connectivity index (χ0) is 0. The van der Waals surface area contributed by atoms with Crippen LogP contribution in [0.2, 0.25) is 0 Å². The molecule has 0 aliphatic heterocycles. The van der Waals surface area contributed by atoms with Crippen LogP contribution >= 0.6 is 0 Å². The fourth-order valence-electron chi connectivity index (χ4n) is 0. The van der Waals surface area contributed by atoms with E-state index in [2.05, 4.69) is 0 Å². The van der Waals surface area contributed by atoms with Gasteiger partial charge in [-0.05, 0) is 11.0 Å². The van der Waals surface area contributed by atoms with E-state index in [1.54, 1.807) is 0 Å². The van der Waals surface area contributed by atoms with Crippen LogP contribution in [0.25, 0.3) is 0 Å². The van der Waals surface area contributed by atoms with Crippen molar-refractivity contribution >= 4 is 11.0 Å². The SMILES string of the molecule is [Cu].[Ni].[SiH3].[Zn]. The molecule has 0 nitrogen and oxygen atoms in total. The van der Waals surface area contributed by atoms with E-state index in [1.165, 1.54) is 0 Å². The average Bonchev–Trinajstić information content (AvgIpc) is 0. The summed E-state index contributed by atoms with van der Waals surface area (Å²) >= 11 is 0. The van der Waals surface area contributed by atoms with Crippen LogP contribution in [0.4, 0.5) is 0 Å². The zero-order valence-corrected chi connectivity index (χ0v) is 9.22. The molecule has 0 N–H and O–H groups in total. The Bertz CT molecular complexity index is 8.00. The van der Waals surface area contributed by atoms with E-state index < -0.39 is 0 Å². The molecule has 0 bridgehead atoms. The van der Waals surface area contributed by atoms with Crippen molar-refractivity contribution in [2.75, 3.05) is 0 Å². The summed E-state index contributed by atoms with van der Waals surface area (Å²) in [6.07, 6.45) is 0. The summed E-state index contributed by atoms with van der Waals surface area (Å²) in [6, 6.07) is 0. The largest absolute Gasteiger partial charge is 0.0125 e. The van der Waals surface area contributed by atoms with E-state index in [4.69, 9.17) is 0 Å². The number of hydrogen-bond acceptors (Lipinski definition) is 0. The minimum Gasteiger partial charge on any atom is -0.0125 e. The van der Waals surface area contributed by atoms with Crippen molar-refractivity contribution in [1.82, 2.24) is 0 Å². The number of hydrogen-bond donors (Lipinski definition) is 0. The van der Waals surface area contributed by atoms with Crippen LogP contribution in [-0.2, 0) is 53.0 Å². The van der Waals surface area contributed by atoms with Gasteiger partial charge in [0.1, 0.15) is 0 Å². The predicted octanol–water partition coefficient (Wildman–Crippen LogP) is -1.19. The minimum absolute atomic E-state index is 0. The first-order valence-electron chi connectivity index (χ1n) is 0. The Morgan fingerprint density at radius 1 is 1.00 bits per heavy atom. The summed E-state index contributed by atoms with van der Waals surface area (Å²) in [5.74, 6) is 0. The molecule has 2 radical (unpaired) electrons. The fourth-order valence-corrected chi connectivity index (χ4v) is 0. The quantitative estimate of drug-likeness (QED) is 0.449. The van der Waals surface area contributed by atoms with E-state index in [9.17, 15) is 0 Å². The molecule has 4 heavy (non-hydrogen) atoms. The normalized spacial score (nSPS) is 0. The first-order valence-corrected chi connectivity index (χ1v) is 0. The first-order chi connectivity index (χ1) is 0. The third-order valence-corrected chi connectivity index (χ3v) is 0.